The van der Waals surface area contributed by atoms with Crippen molar-refractivity contribution in [1.82, 2.24) is 20.2 Å². The van der Waals surface area contributed by atoms with Crippen LogP contribution >= 0.6 is 46.4 Å². The van der Waals surface area contributed by atoms with Gasteiger partial charge >= 0.3 is 6.03 Å². The molecule has 3 saturated heterocycles. The molecule has 5 aliphatic rings. The molecule has 0 radical (unpaired) electrons. The van der Waals surface area contributed by atoms with Gasteiger partial charge in [0, 0.05) is 71.0 Å². The molecular formula is C59H65Cl4F2N9O3. The minimum absolute atomic E-state index is 0.0113. The van der Waals surface area contributed by atoms with Crippen molar-refractivity contribution in [3.05, 3.63) is 194 Å². The van der Waals surface area contributed by atoms with Gasteiger partial charge in [0.1, 0.15) is 23.5 Å². The van der Waals surface area contributed by atoms with E-state index in [1.165, 1.54) is 25.0 Å². The van der Waals surface area contributed by atoms with E-state index in [2.05, 4.69) is 55.1 Å². The number of hydrogen-bond donors (Lipinski definition) is 5. The van der Waals surface area contributed by atoms with E-state index in [1.807, 2.05) is 53.5 Å². The number of anilines is 4. The highest BCUT2D eigenvalue weighted by atomic mass is 35.5. The topological polar surface area (TPSA) is 134 Å². The van der Waals surface area contributed by atoms with Gasteiger partial charge in [0.15, 0.2) is 0 Å². The Morgan fingerprint density at radius 2 is 1.13 bits per heavy atom. The van der Waals surface area contributed by atoms with E-state index < -0.39 is 0 Å². The Morgan fingerprint density at radius 3 is 1.61 bits per heavy atom. The Hall–Kier alpha value is -5.78. The molecule has 6 heterocycles. The summed E-state index contributed by atoms with van der Waals surface area (Å²) in [6.07, 6.45) is 16.5. The highest BCUT2D eigenvalue weighted by Crippen LogP contribution is 2.48. The maximum atomic E-state index is 14.3. The number of aliphatic hydroxyl groups excluding tert-OH is 1. The summed E-state index contributed by atoms with van der Waals surface area (Å²) in [7, 11) is 0. The number of nitrogens with two attached hydrogens (primary N) is 1. The Kier molecular flexibility index (Phi) is 20.6. The number of piperidine rings is 2. The summed E-state index contributed by atoms with van der Waals surface area (Å²) < 4.78 is 33.0. The smallest absolute Gasteiger partial charge is 0.338 e. The van der Waals surface area contributed by atoms with Gasteiger partial charge in [0.25, 0.3) is 0 Å². The first-order chi connectivity index (χ1) is 37.3. The molecule has 11 rings (SSSR count). The second-order valence-corrected chi connectivity index (χ2v) is 21.4. The fraction of sp³-hybridized carbons (Fsp3) is 0.322. The third kappa shape index (κ3) is 16.2. The number of likely N-dealkylation sites (tertiary alicyclic amines) is 2. The summed E-state index contributed by atoms with van der Waals surface area (Å²) in [5.74, 6) is 5.74. The van der Waals surface area contributed by atoms with Crippen LogP contribution in [0.1, 0.15) is 60.8 Å². The van der Waals surface area contributed by atoms with Crippen molar-refractivity contribution < 1.29 is 23.4 Å². The van der Waals surface area contributed by atoms with Crippen LogP contribution in [-0.4, -0.2) is 98.2 Å². The highest BCUT2D eigenvalue weighted by molar-refractivity contribution is 6.31. The zero-order valence-corrected chi connectivity index (χ0v) is 45.8. The molecule has 406 valence electrons. The number of nitrogens with one attached hydrogen (secondary N) is 3. The second kappa shape index (κ2) is 27.7. The number of hydrazine groups is 2. The number of urea groups is 1. The molecule has 5 aliphatic heterocycles. The quantitative estimate of drug-likeness (QED) is 0.0513. The predicted octanol–water partition coefficient (Wildman–Crippen LogP) is 12.8. The number of carbonyl (C=O) groups is 1. The average Bonchev–Trinajstić information content (AvgIpc) is 4.17. The number of nitrogens with zero attached hydrogens (tertiary/aromatic N) is 5. The summed E-state index contributed by atoms with van der Waals surface area (Å²) in [6, 6.07) is 35.4. The molecule has 0 atom stereocenters. The van der Waals surface area contributed by atoms with Crippen LogP contribution in [-0.2, 0) is 15.6 Å². The molecule has 5 aromatic carbocycles. The number of aromatic nitrogens is 1. The number of fused-ring (bicyclic) bond motifs is 4. The van der Waals surface area contributed by atoms with Gasteiger partial charge in [-0.2, -0.15) is 0 Å². The van der Waals surface area contributed by atoms with E-state index in [0.29, 0.717) is 22.4 Å². The molecule has 0 aliphatic carbocycles. The minimum Gasteiger partial charge on any atom is -0.381 e. The molecule has 0 saturated carbocycles. The Morgan fingerprint density at radius 1 is 0.649 bits per heavy atom. The fourth-order valence-electron chi connectivity index (χ4n) is 10.3. The van der Waals surface area contributed by atoms with Crippen LogP contribution < -0.4 is 31.9 Å². The van der Waals surface area contributed by atoms with Crippen LogP contribution in [0.4, 0.5) is 36.3 Å². The summed E-state index contributed by atoms with van der Waals surface area (Å²) in [5.41, 5.74) is 10.3. The second-order valence-electron chi connectivity index (χ2n) is 19.7. The first-order valence-electron chi connectivity index (χ1n) is 25.8. The zero-order valence-electron chi connectivity index (χ0n) is 42.8. The van der Waals surface area contributed by atoms with Crippen LogP contribution in [0.2, 0.25) is 20.2 Å². The largest absolute Gasteiger partial charge is 0.381 e. The number of pyridine rings is 1. The molecule has 2 amide bonds. The van der Waals surface area contributed by atoms with E-state index >= 15 is 0 Å². The lowest BCUT2D eigenvalue weighted by Crippen LogP contribution is -2.49. The number of carbonyl (C=O) groups excluding carboxylic acids is 1. The molecule has 18 heteroatoms. The van der Waals surface area contributed by atoms with Crippen LogP contribution in [0, 0.1) is 11.6 Å². The minimum atomic E-state index is -0.352. The molecule has 0 bridgehead atoms. The van der Waals surface area contributed by atoms with Crippen LogP contribution in [0.15, 0.2) is 140 Å². The monoisotopic (exact) mass is 1130 g/mol. The molecule has 77 heavy (non-hydrogen) atoms. The maximum Gasteiger partial charge on any atom is 0.338 e. The highest BCUT2D eigenvalue weighted by Gasteiger charge is 2.46. The number of aliphatic hydroxyl groups is 1. The van der Waals surface area contributed by atoms with E-state index in [0.717, 1.165) is 134 Å². The molecule has 3 fully saturated rings. The van der Waals surface area contributed by atoms with Crippen molar-refractivity contribution >= 4 is 87.3 Å². The normalized spacial score (nSPS) is 17.2. The van der Waals surface area contributed by atoms with Gasteiger partial charge in [-0.15, -0.1) is 0 Å². The van der Waals surface area contributed by atoms with Gasteiger partial charge in [-0.3, -0.25) is 14.8 Å². The Bertz CT molecular complexity index is 2890. The van der Waals surface area contributed by atoms with Gasteiger partial charge in [0.2, 0.25) is 0 Å². The lowest BCUT2D eigenvalue weighted by molar-refractivity contribution is 0.179. The maximum absolute atomic E-state index is 14.3. The molecule has 6 N–H and O–H groups in total. The molecule has 1 aromatic heterocycles. The van der Waals surface area contributed by atoms with E-state index in [1.54, 1.807) is 71.9 Å². The van der Waals surface area contributed by atoms with Crippen molar-refractivity contribution in [3.8, 4) is 0 Å². The lowest BCUT2D eigenvalue weighted by atomic mass is 9.74. The van der Waals surface area contributed by atoms with Crippen LogP contribution in [0.5, 0.6) is 0 Å². The molecule has 12 nitrogen and oxygen atoms in total. The number of amides is 2. The van der Waals surface area contributed by atoms with Crippen molar-refractivity contribution in [2.24, 2.45) is 5.84 Å². The molecule has 2 spiro atoms. The zero-order chi connectivity index (χ0) is 54.2. The van der Waals surface area contributed by atoms with Gasteiger partial charge in [-0.25, -0.2) is 29.8 Å². The Labute approximate surface area is 470 Å². The van der Waals surface area contributed by atoms with Gasteiger partial charge in [-0.05, 0) is 184 Å². The number of benzene rings is 5. The third-order valence-electron chi connectivity index (χ3n) is 14.5. The molecular weight excluding hydrogens is 1060 g/mol. The summed E-state index contributed by atoms with van der Waals surface area (Å²) in [5, 5.41) is 20.1. The molecule has 0 unspecified atom stereocenters. The van der Waals surface area contributed by atoms with E-state index in [9.17, 15) is 13.6 Å². The van der Waals surface area contributed by atoms with Gasteiger partial charge in [0.05, 0.1) is 23.3 Å². The van der Waals surface area contributed by atoms with Crippen LogP contribution in [0.3, 0.4) is 0 Å². The number of rotatable bonds is 10. The van der Waals surface area contributed by atoms with Crippen molar-refractivity contribution in [2.45, 2.75) is 49.4 Å². The number of ether oxygens (including phenoxy) is 1. The Balaban J connectivity index is 0.000000165. The first-order valence-corrected chi connectivity index (χ1v) is 27.4. The first kappa shape index (κ1) is 57.4. The summed E-state index contributed by atoms with van der Waals surface area (Å²) in [4.78, 5) is 21.3. The van der Waals surface area contributed by atoms with Crippen molar-refractivity contribution in [2.75, 3.05) is 93.0 Å². The van der Waals surface area contributed by atoms with Gasteiger partial charge in [-0.1, -0.05) is 95.0 Å². The summed E-state index contributed by atoms with van der Waals surface area (Å²) in [6.45, 7) is 8.83. The third-order valence-corrected chi connectivity index (χ3v) is 15.5. The SMILES string of the molecule is C1CCOC1.NN1CC2(CCN(C/C=C/c3ccc(Cl)cc3)CC2)c2cc(F)ccc21.O=C(Nc1ccc(Cl)cc1)NN1CC2(CCN(C/C=C/c3ccc(Cl)cc3)CC2)c2cc(F)ccc21.OCNc1ccc(Cl)nc1. The standard InChI is InChI=1S/C28H27Cl2FN4O.C21H23ClFN3.C6H7ClN2O.C4H8O/c29-21-5-3-20(4-6-21)2-1-15-34-16-13-28(14-17-34)19-35(26-12-9-23(31)18-25(26)28)33-27(36)32-24-10-7-22(30)8-11-24;22-17-5-3-16(4-6-17)2-1-11-25-12-9-21(10-13-25)15-26(24)20-8-7-18(23)14-19(20)21;7-6-2-1-5(3-8-6)9-4-10;1-2-4-5-3-1/h1-12,18H,13-17,19H2,(H2,32,33,36);1-8,14H,9-13,15,24H2;1-3,9-10H,4H2;1-4H2/b2*2-1+;;. The lowest BCUT2D eigenvalue weighted by Gasteiger charge is -2.39. The predicted molar refractivity (Wildman–Crippen MR) is 311 cm³/mol. The van der Waals surface area contributed by atoms with Crippen LogP contribution in [0.25, 0.3) is 12.2 Å². The van der Waals surface area contributed by atoms with Crippen molar-refractivity contribution in [1.29, 1.82) is 0 Å². The van der Waals surface area contributed by atoms with E-state index in [4.69, 9.17) is 62.1 Å². The van der Waals surface area contributed by atoms with Gasteiger partial charge < -0.3 is 25.5 Å². The number of halogens is 6. The van der Waals surface area contributed by atoms with E-state index in [-0.39, 0.29) is 35.2 Å². The molecule has 6 aromatic rings. The van der Waals surface area contributed by atoms with Crippen molar-refractivity contribution in [3.63, 3.8) is 0 Å². The fourth-order valence-corrected chi connectivity index (χ4v) is 10.8. The summed E-state index contributed by atoms with van der Waals surface area (Å²) >= 11 is 23.3. The average molecular weight is 1130 g/mol. The number of hydrogen-bond acceptors (Lipinski definition) is 10.